The predicted octanol–water partition coefficient (Wildman–Crippen LogP) is 3.08. The molecule has 0 bridgehead atoms. The summed E-state index contributed by atoms with van der Waals surface area (Å²) in [5.41, 5.74) is 1.08. The molecule has 2 N–H and O–H groups in total. The van der Waals surface area contributed by atoms with Crippen LogP contribution in [0.5, 0.6) is 0 Å². The van der Waals surface area contributed by atoms with Crippen LogP contribution in [0, 0.1) is 0 Å². The first kappa shape index (κ1) is 17.7. The summed E-state index contributed by atoms with van der Waals surface area (Å²) < 4.78 is 5.47. The van der Waals surface area contributed by atoms with E-state index in [0.717, 1.165) is 5.56 Å². The third-order valence-electron chi connectivity index (χ3n) is 4.72. The Morgan fingerprint density at radius 3 is 2.80 bits per heavy atom. The van der Waals surface area contributed by atoms with Crippen LogP contribution in [0.2, 0.25) is 0 Å². The molecule has 0 aliphatic carbocycles. The Kier molecular flexibility index (Phi) is 5.56. The first-order valence-corrected chi connectivity index (χ1v) is 8.86. The maximum atomic E-state index is 12.7. The quantitative estimate of drug-likeness (QED) is 0.897. The zero-order valence-corrected chi connectivity index (χ0v) is 14.8. The van der Waals surface area contributed by atoms with Gasteiger partial charge in [0, 0.05) is 6.54 Å². The van der Waals surface area contributed by atoms with Crippen LogP contribution in [0.3, 0.4) is 0 Å². The van der Waals surface area contributed by atoms with E-state index in [1.807, 2.05) is 19.1 Å². The van der Waals surface area contributed by atoms with Crippen molar-refractivity contribution in [3.63, 3.8) is 0 Å². The normalized spacial score (nSPS) is 20.3. The number of nitrogens with zero attached hydrogens (tertiary/aromatic N) is 1. The first-order chi connectivity index (χ1) is 12.0. The van der Waals surface area contributed by atoms with Crippen molar-refractivity contribution in [1.82, 2.24) is 10.2 Å². The van der Waals surface area contributed by atoms with Crippen LogP contribution in [-0.2, 0) is 4.74 Å². The largest absolute Gasteiger partial charge is 0.393 e. The van der Waals surface area contributed by atoms with Crippen molar-refractivity contribution in [2.24, 2.45) is 0 Å². The molecule has 2 aromatic carbocycles. The average Bonchev–Trinajstić information content (AvgIpc) is 2.61. The molecule has 3 rings (SSSR count). The first-order valence-electron chi connectivity index (χ1n) is 8.86. The number of carbonyl (C=O) groups is 1. The summed E-state index contributed by atoms with van der Waals surface area (Å²) in [6, 6.07) is 14.2. The van der Waals surface area contributed by atoms with Crippen molar-refractivity contribution in [2.45, 2.75) is 38.5 Å². The highest BCUT2D eigenvalue weighted by atomic mass is 16.5. The number of hydrogen-bond acceptors (Lipinski definition) is 3. The molecule has 134 valence electrons. The number of urea groups is 1. The van der Waals surface area contributed by atoms with E-state index in [0.29, 0.717) is 26.2 Å². The minimum atomic E-state index is -0.458. The van der Waals surface area contributed by atoms with Crippen LogP contribution in [0.4, 0.5) is 4.79 Å². The van der Waals surface area contributed by atoms with Crippen molar-refractivity contribution >= 4 is 16.8 Å². The van der Waals surface area contributed by atoms with Gasteiger partial charge in [0.1, 0.15) is 0 Å². The lowest BCUT2D eigenvalue weighted by Crippen LogP contribution is -2.53. The molecule has 0 aromatic heterocycles. The van der Waals surface area contributed by atoms with Gasteiger partial charge in [0.2, 0.25) is 0 Å². The molecule has 3 unspecified atom stereocenters. The van der Waals surface area contributed by atoms with Gasteiger partial charge in [-0.3, -0.25) is 0 Å². The molecule has 2 aromatic rings. The zero-order valence-electron chi connectivity index (χ0n) is 14.8. The van der Waals surface area contributed by atoms with Gasteiger partial charge in [-0.25, -0.2) is 4.79 Å². The van der Waals surface area contributed by atoms with Crippen LogP contribution in [0.1, 0.15) is 31.9 Å². The van der Waals surface area contributed by atoms with Crippen molar-refractivity contribution in [3.8, 4) is 0 Å². The van der Waals surface area contributed by atoms with E-state index in [9.17, 15) is 9.90 Å². The van der Waals surface area contributed by atoms with Gasteiger partial charge in [-0.2, -0.15) is 0 Å². The molecular weight excluding hydrogens is 316 g/mol. The summed E-state index contributed by atoms with van der Waals surface area (Å²) in [5.74, 6) is 0. The summed E-state index contributed by atoms with van der Waals surface area (Å²) in [6.07, 6.45) is 0.0672. The molecule has 0 saturated carbocycles. The van der Waals surface area contributed by atoms with E-state index in [1.54, 1.807) is 11.8 Å². The van der Waals surface area contributed by atoms with Crippen LogP contribution in [0.15, 0.2) is 42.5 Å². The third kappa shape index (κ3) is 4.30. The van der Waals surface area contributed by atoms with E-state index in [4.69, 9.17) is 4.74 Å². The summed E-state index contributed by atoms with van der Waals surface area (Å²) in [7, 11) is 0. The molecule has 1 aliphatic rings. The highest BCUT2D eigenvalue weighted by molar-refractivity contribution is 5.83. The van der Waals surface area contributed by atoms with Crippen LogP contribution < -0.4 is 5.32 Å². The minimum absolute atomic E-state index is 0.0856. The lowest BCUT2D eigenvalue weighted by atomic mass is 10.0. The fourth-order valence-corrected chi connectivity index (χ4v) is 3.34. The Morgan fingerprint density at radius 1 is 1.28 bits per heavy atom. The van der Waals surface area contributed by atoms with Crippen molar-refractivity contribution in [2.75, 3.05) is 19.8 Å². The minimum Gasteiger partial charge on any atom is -0.393 e. The number of morpholine rings is 1. The number of benzene rings is 2. The number of amides is 2. The van der Waals surface area contributed by atoms with E-state index >= 15 is 0 Å². The monoisotopic (exact) mass is 342 g/mol. The Hall–Kier alpha value is -2.11. The van der Waals surface area contributed by atoms with E-state index in [2.05, 4.69) is 35.6 Å². The Bertz CT molecular complexity index is 732. The van der Waals surface area contributed by atoms with E-state index < -0.39 is 6.10 Å². The van der Waals surface area contributed by atoms with E-state index in [-0.39, 0.29) is 18.1 Å². The molecule has 3 atom stereocenters. The molecular formula is C20H26N2O3. The topological polar surface area (TPSA) is 61.8 Å². The Morgan fingerprint density at radius 2 is 2.04 bits per heavy atom. The molecule has 0 spiro atoms. The van der Waals surface area contributed by atoms with Gasteiger partial charge in [0.15, 0.2) is 0 Å². The van der Waals surface area contributed by atoms with Crippen LogP contribution in [-0.4, -0.2) is 47.9 Å². The summed E-state index contributed by atoms with van der Waals surface area (Å²) in [5, 5.41) is 15.1. The second-order valence-electron chi connectivity index (χ2n) is 6.78. The molecule has 5 nitrogen and oxygen atoms in total. The van der Waals surface area contributed by atoms with Gasteiger partial charge in [-0.15, -0.1) is 0 Å². The molecule has 1 aliphatic heterocycles. The van der Waals surface area contributed by atoms with Gasteiger partial charge in [0.05, 0.1) is 31.4 Å². The lowest BCUT2D eigenvalue weighted by Gasteiger charge is -2.37. The molecule has 1 heterocycles. The summed E-state index contributed by atoms with van der Waals surface area (Å²) >= 11 is 0. The molecule has 2 amide bonds. The number of rotatable bonds is 4. The smallest absolute Gasteiger partial charge is 0.318 e. The molecule has 1 fully saturated rings. The average molecular weight is 342 g/mol. The number of fused-ring (bicyclic) bond motifs is 1. The Labute approximate surface area is 148 Å². The summed E-state index contributed by atoms with van der Waals surface area (Å²) in [6.45, 7) is 5.29. The van der Waals surface area contributed by atoms with Crippen molar-refractivity contribution in [1.29, 1.82) is 0 Å². The zero-order chi connectivity index (χ0) is 17.8. The predicted molar refractivity (Wildman–Crippen MR) is 98.5 cm³/mol. The van der Waals surface area contributed by atoms with Crippen molar-refractivity contribution < 1.29 is 14.6 Å². The fourth-order valence-electron chi connectivity index (χ4n) is 3.34. The highest BCUT2D eigenvalue weighted by Crippen LogP contribution is 2.21. The number of carbonyl (C=O) groups excluding carboxylic acids is 1. The molecule has 25 heavy (non-hydrogen) atoms. The van der Waals surface area contributed by atoms with Gasteiger partial charge in [0.25, 0.3) is 0 Å². The standard InChI is InChI=1S/C20H26N2O3/c1-14(23)11-19-13-25-10-9-22(19)20(24)21-15(2)17-8-7-16-5-3-4-6-18(16)12-17/h3-8,12,14-15,19,23H,9-11,13H2,1-2H3,(H,21,24). The summed E-state index contributed by atoms with van der Waals surface area (Å²) in [4.78, 5) is 14.5. The molecule has 5 heteroatoms. The Balaban J connectivity index is 1.69. The number of aliphatic hydroxyl groups excluding tert-OH is 1. The highest BCUT2D eigenvalue weighted by Gasteiger charge is 2.29. The number of ether oxygens (including phenoxy) is 1. The number of hydrogen-bond donors (Lipinski definition) is 2. The van der Waals surface area contributed by atoms with Gasteiger partial charge in [-0.05, 0) is 42.7 Å². The van der Waals surface area contributed by atoms with Crippen LogP contribution >= 0.6 is 0 Å². The second kappa shape index (κ2) is 7.85. The maximum absolute atomic E-state index is 12.7. The van der Waals surface area contributed by atoms with Gasteiger partial charge in [-0.1, -0.05) is 36.4 Å². The number of nitrogens with one attached hydrogen (secondary N) is 1. The maximum Gasteiger partial charge on any atom is 0.318 e. The van der Waals surface area contributed by atoms with Crippen LogP contribution in [0.25, 0.3) is 10.8 Å². The molecule has 0 radical (unpaired) electrons. The second-order valence-corrected chi connectivity index (χ2v) is 6.78. The van der Waals surface area contributed by atoms with Gasteiger partial charge >= 0.3 is 6.03 Å². The fraction of sp³-hybridized carbons (Fsp3) is 0.450. The van der Waals surface area contributed by atoms with Crippen molar-refractivity contribution in [3.05, 3.63) is 48.0 Å². The molecule has 1 saturated heterocycles. The van der Waals surface area contributed by atoms with E-state index in [1.165, 1.54) is 10.8 Å². The number of aliphatic hydroxyl groups is 1. The third-order valence-corrected chi connectivity index (χ3v) is 4.72. The van der Waals surface area contributed by atoms with Gasteiger partial charge < -0.3 is 20.1 Å². The lowest BCUT2D eigenvalue weighted by molar-refractivity contribution is -0.00473. The SMILES string of the molecule is CC(O)CC1COCCN1C(=O)NC(C)c1ccc2ccccc2c1.